The first-order chi connectivity index (χ1) is 8.20. The summed E-state index contributed by atoms with van der Waals surface area (Å²) in [7, 11) is 0. The average molecular weight is 254 g/mol. The molecule has 0 unspecified atom stereocenters. The van der Waals surface area contributed by atoms with Crippen molar-refractivity contribution in [1.82, 2.24) is 0 Å². The molecular weight excluding hydrogens is 234 g/mol. The highest BCUT2D eigenvalue weighted by molar-refractivity contribution is 6.30. The lowest BCUT2D eigenvalue weighted by molar-refractivity contribution is 0.240. The van der Waals surface area contributed by atoms with Gasteiger partial charge in [0.25, 0.3) is 0 Å². The van der Waals surface area contributed by atoms with Gasteiger partial charge in [-0.15, -0.1) is 0 Å². The normalized spacial score (nSPS) is 17.5. The molecule has 1 heterocycles. The van der Waals surface area contributed by atoms with E-state index in [2.05, 4.69) is 24.0 Å². The number of halogens is 1. The smallest absolute Gasteiger partial charge is 0.0433 e. The lowest BCUT2D eigenvalue weighted by Gasteiger charge is -2.34. The number of aliphatic hydroxyl groups excluding tert-OH is 1. The number of hydrogen-bond donors (Lipinski definition) is 1. The number of nitrogens with zero attached hydrogens (tertiary/aromatic N) is 1. The van der Waals surface area contributed by atoms with Crippen LogP contribution >= 0.6 is 11.6 Å². The molecule has 1 aromatic rings. The van der Waals surface area contributed by atoms with E-state index in [0.717, 1.165) is 24.5 Å². The highest BCUT2D eigenvalue weighted by Crippen LogP contribution is 2.29. The van der Waals surface area contributed by atoms with Gasteiger partial charge in [0.2, 0.25) is 0 Å². The second-order valence-electron chi connectivity index (χ2n) is 4.87. The molecule has 1 fully saturated rings. The Balaban J connectivity index is 2.02. The fraction of sp³-hybridized carbons (Fsp3) is 0.571. The van der Waals surface area contributed by atoms with Gasteiger partial charge in [-0.25, -0.2) is 0 Å². The number of rotatable bonds is 3. The summed E-state index contributed by atoms with van der Waals surface area (Å²) in [6, 6.07) is 6.08. The lowest BCUT2D eigenvalue weighted by Crippen LogP contribution is -2.34. The third-order valence-corrected chi connectivity index (χ3v) is 3.90. The Morgan fingerprint density at radius 1 is 1.35 bits per heavy atom. The summed E-state index contributed by atoms with van der Waals surface area (Å²) in [5, 5.41) is 9.76. The molecule has 17 heavy (non-hydrogen) atoms. The molecule has 0 radical (unpaired) electrons. The maximum absolute atomic E-state index is 8.95. The predicted molar refractivity (Wildman–Crippen MR) is 72.8 cm³/mol. The molecule has 0 spiro atoms. The van der Waals surface area contributed by atoms with E-state index < -0.39 is 0 Å². The second kappa shape index (κ2) is 5.74. The molecule has 1 N–H and O–H groups in total. The lowest BCUT2D eigenvalue weighted by atomic mass is 9.93. The molecule has 1 aliphatic rings. The van der Waals surface area contributed by atoms with Crippen LogP contribution in [0.15, 0.2) is 18.2 Å². The molecular formula is C14H20ClNO. The molecule has 0 saturated carbocycles. The van der Waals surface area contributed by atoms with Crippen molar-refractivity contribution >= 4 is 17.3 Å². The van der Waals surface area contributed by atoms with Crippen LogP contribution in [0.4, 0.5) is 5.69 Å². The van der Waals surface area contributed by atoms with Crippen molar-refractivity contribution in [3.05, 3.63) is 28.8 Å². The van der Waals surface area contributed by atoms with Gasteiger partial charge in [0.05, 0.1) is 0 Å². The highest BCUT2D eigenvalue weighted by Gasteiger charge is 2.19. The van der Waals surface area contributed by atoms with Crippen LogP contribution in [0.3, 0.4) is 0 Å². The molecule has 2 nitrogen and oxygen atoms in total. The summed E-state index contributed by atoms with van der Waals surface area (Å²) in [5.74, 6) is 0.691. The van der Waals surface area contributed by atoms with Crippen molar-refractivity contribution in [3.63, 3.8) is 0 Å². The van der Waals surface area contributed by atoms with Crippen molar-refractivity contribution in [3.8, 4) is 0 Å². The van der Waals surface area contributed by atoms with Gasteiger partial charge >= 0.3 is 0 Å². The van der Waals surface area contributed by atoms with E-state index >= 15 is 0 Å². The summed E-state index contributed by atoms with van der Waals surface area (Å²) in [4.78, 5) is 2.41. The Hall–Kier alpha value is -0.730. The van der Waals surface area contributed by atoms with Gasteiger partial charge in [0.1, 0.15) is 0 Å². The third-order valence-electron chi connectivity index (χ3n) is 3.66. The SMILES string of the molecule is Cc1ccc(Cl)cc1N1CCC(CCO)CC1. The maximum Gasteiger partial charge on any atom is 0.0433 e. The van der Waals surface area contributed by atoms with Gasteiger partial charge in [-0.05, 0) is 49.8 Å². The van der Waals surface area contributed by atoms with Gasteiger partial charge in [-0.3, -0.25) is 0 Å². The average Bonchev–Trinajstić information content (AvgIpc) is 2.34. The van der Waals surface area contributed by atoms with Crippen molar-refractivity contribution in [1.29, 1.82) is 0 Å². The first kappa shape index (κ1) is 12.7. The van der Waals surface area contributed by atoms with E-state index in [9.17, 15) is 0 Å². The fourth-order valence-corrected chi connectivity index (χ4v) is 2.73. The number of aryl methyl sites for hydroxylation is 1. The molecule has 0 amide bonds. The van der Waals surface area contributed by atoms with Crippen molar-refractivity contribution in [2.75, 3.05) is 24.6 Å². The van der Waals surface area contributed by atoms with Gasteiger partial charge in [0, 0.05) is 30.4 Å². The van der Waals surface area contributed by atoms with E-state index in [0.29, 0.717) is 12.5 Å². The molecule has 1 saturated heterocycles. The fourth-order valence-electron chi connectivity index (χ4n) is 2.57. The zero-order chi connectivity index (χ0) is 12.3. The van der Waals surface area contributed by atoms with E-state index in [1.165, 1.54) is 24.1 Å². The summed E-state index contributed by atoms with van der Waals surface area (Å²) in [6.07, 6.45) is 3.29. The molecule has 94 valence electrons. The predicted octanol–water partition coefficient (Wildman–Crippen LogP) is 3.25. The minimum absolute atomic E-state index is 0.320. The number of hydrogen-bond acceptors (Lipinski definition) is 2. The van der Waals surface area contributed by atoms with E-state index in [4.69, 9.17) is 16.7 Å². The quantitative estimate of drug-likeness (QED) is 0.894. The number of aliphatic hydroxyl groups is 1. The van der Waals surface area contributed by atoms with E-state index in [-0.39, 0.29) is 0 Å². The van der Waals surface area contributed by atoms with Crippen molar-refractivity contribution in [2.45, 2.75) is 26.2 Å². The molecule has 1 aliphatic heterocycles. The summed E-state index contributed by atoms with van der Waals surface area (Å²) >= 11 is 6.05. The van der Waals surface area contributed by atoms with Crippen LogP contribution in [0, 0.1) is 12.8 Å². The van der Waals surface area contributed by atoms with E-state index in [1.54, 1.807) is 0 Å². The largest absolute Gasteiger partial charge is 0.396 e. The molecule has 3 heteroatoms. The minimum Gasteiger partial charge on any atom is -0.396 e. The summed E-state index contributed by atoms with van der Waals surface area (Å²) in [5.41, 5.74) is 2.55. The van der Waals surface area contributed by atoms with E-state index in [1.807, 2.05) is 6.07 Å². The standard InChI is InChI=1S/C14H20ClNO/c1-11-2-3-13(15)10-14(11)16-7-4-12(5-8-16)6-9-17/h2-3,10,12,17H,4-9H2,1H3. The maximum atomic E-state index is 8.95. The topological polar surface area (TPSA) is 23.5 Å². The van der Waals surface area contributed by atoms with Crippen LogP contribution in [0.1, 0.15) is 24.8 Å². The molecule has 1 aromatic carbocycles. The first-order valence-electron chi connectivity index (χ1n) is 6.32. The summed E-state index contributed by atoms with van der Waals surface area (Å²) in [6.45, 7) is 4.60. The third kappa shape index (κ3) is 3.14. The monoisotopic (exact) mass is 253 g/mol. The Bertz CT molecular complexity index is 372. The molecule has 0 aromatic heterocycles. The molecule has 2 rings (SSSR count). The molecule has 0 bridgehead atoms. The number of piperidine rings is 1. The Kier molecular flexibility index (Phi) is 4.30. The van der Waals surface area contributed by atoms with Crippen molar-refractivity contribution < 1.29 is 5.11 Å². The minimum atomic E-state index is 0.320. The Morgan fingerprint density at radius 2 is 2.06 bits per heavy atom. The Morgan fingerprint density at radius 3 is 2.71 bits per heavy atom. The zero-order valence-corrected chi connectivity index (χ0v) is 11.1. The first-order valence-corrected chi connectivity index (χ1v) is 6.70. The summed E-state index contributed by atoms with van der Waals surface area (Å²) < 4.78 is 0. The van der Waals surface area contributed by atoms with Crippen molar-refractivity contribution in [2.24, 2.45) is 5.92 Å². The van der Waals surface area contributed by atoms with Crippen LogP contribution in [0.5, 0.6) is 0 Å². The van der Waals surface area contributed by atoms with Crippen LogP contribution in [0.2, 0.25) is 5.02 Å². The Labute approximate surface area is 108 Å². The van der Waals surface area contributed by atoms with Gasteiger partial charge in [-0.1, -0.05) is 17.7 Å². The van der Waals surface area contributed by atoms with Crippen LogP contribution in [-0.4, -0.2) is 24.8 Å². The number of anilines is 1. The second-order valence-corrected chi connectivity index (χ2v) is 5.31. The van der Waals surface area contributed by atoms with Crippen LogP contribution in [0.25, 0.3) is 0 Å². The molecule has 0 atom stereocenters. The highest BCUT2D eigenvalue weighted by atomic mass is 35.5. The van der Waals surface area contributed by atoms with Gasteiger partial charge in [0.15, 0.2) is 0 Å². The zero-order valence-electron chi connectivity index (χ0n) is 10.3. The number of benzene rings is 1. The van der Waals surface area contributed by atoms with Crippen LogP contribution < -0.4 is 4.90 Å². The molecule has 0 aliphatic carbocycles. The van der Waals surface area contributed by atoms with Crippen LogP contribution in [-0.2, 0) is 0 Å². The van der Waals surface area contributed by atoms with Gasteiger partial charge in [-0.2, -0.15) is 0 Å². The van der Waals surface area contributed by atoms with Gasteiger partial charge < -0.3 is 10.0 Å².